The highest BCUT2D eigenvalue weighted by atomic mass is 35.5. The first kappa shape index (κ1) is 10.5. The zero-order valence-electron chi connectivity index (χ0n) is 8.72. The Morgan fingerprint density at radius 2 is 2.06 bits per heavy atom. The van der Waals surface area contributed by atoms with Crippen molar-refractivity contribution in [1.29, 1.82) is 0 Å². The van der Waals surface area contributed by atoms with Crippen molar-refractivity contribution in [1.82, 2.24) is 9.97 Å². The highest BCUT2D eigenvalue weighted by molar-refractivity contribution is 7.21. The maximum Gasteiger partial charge on any atom is 0.124 e. The quantitative estimate of drug-likeness (QED) is 0.728. The molecule has 0 saturated carbocycles. The highest BCUT2D eigenvalue weighted by Gasteiger charge is 2.06. The fourth-order valence-electron chi connectivity index (χ4n) is 1.60. The molecule has 17 heavy (non-hydrogen) atoms. The van der Waals surface area contributed by atoms with Crippen molar-refractivity contribution in [2.24, 2.45) is 0 Å². The van der Waals surface area contributed by atoms with E-state index >= 15 is 0 Å². The summed E-state index contributed by atoms with van der Waals surface area (Å²) >= 11 is 7.54. The molecule has 0 aliphatic carbocycles. The highest BCUT2D eigenvalue weighted by Crippen LogP contribution is 2.31. The predicted octanol–water partition coefficient (Wildman–Crippen LogP) is 3.59. The lowest BCUT2D eigenvalue weighted by Crippen LogP contribution is -1.88. The van der Waals surface area contributed by atoms with E-state index in [0.29, 0.717) is 5.82 Å². The van der Waals surface area contributed by atoms with Gasteiger partial charge in [0.2, 0.25) is 0 Å². The third kappa shape index (κ3) is 1.97. The predicted molar refractivity (Wildman–Crippen MR) is 72.3 cm³/mol. The van der Waals surface area contributed by atoms with Crippen LogP contribution in [0.2, 0.25) is 5.02 Å². The summed E-state index contributed by atoms with van der Waals surface area (Å²) in [7, 11) is 0. The summed E-state index contributed by atoms with van der Waals surface area (Å²) in [5.41, 5.74) is 7.59. The van der Waals surface area contributed by atoms with Crippen LogP contribution in [0.1, 0.15) is 0 Å². The Kier molecular flexibility index (Phi) is 2.46. The SMILES string of the molecule is Nc1cc(-c2nc3ccc(Cl)cc3s2)ccn1. The number of thiazole rings is 1. The van der Waals surface area contributed by atoms with E-state index < -0.39 is 0 Å². The number of benzene rings is 1. The number of nitrogen functional groups attached to an aromatic ring is 1. The number of hydrogen-bond acceptors (Lipinski definition) is 4. The summed E-state index contributed by atoms with van der Waals surface area (Å²) in [6.45, 7) is 0. The van der Waals surface area contributed by atoms with Crippen LogP contribution in [0, 0.1) is 0 Å². The Balaban J connectivity index is 2.18. The van der Waals surface area contributed by atoms with E-state index in [9.17, 15) is 0 Å². The molecule has 0 radical (unpaired) electrons. The van der Waals surface area contributed by atoms with E-state index in [1.165, 1.54) is 0 Å². The molecule has 1 aromatic carbocycles. The molecule has 0 aliphatic rings. The van der Waals surface area contributed by atoms with Crippen LogP contribution in [0.3, 0.4) is 0 Å². The van der Waals surface area contributed by atoms with Crippen molar-refractivity contribution in [2.75, 3.05) is 5.73 Å². The largest absolute Gasteiger partial charge is 0.384 e. The van der Waals surface area contributed by atoms with Gasteiger partial charge in [0, 0.05) is 16.8 Å². The molecule has 2 N–H and O–H groups in total. The van der Waals surface area contributed by atoms with Crippen LogP contribution in [0.4, 0.5) is 5.82 Å². The van der Waals surface area contributed by atoms with Gasteiger partial charge in [-0.1, -0.05) is 11.6 Å². The van der Waals surface area contributed by atoms with Crippen LogP contribution >= 0.6 is 22.9 Å². The fraction of sp³-hybridized carbons (Fsp3) is 0. The summed E-state index contributed by atoms with van der Waals surface area (Å²) in [4.78, 5) is 8.51. The van der Waals surface area contributed by atoms with Crippen LogP contribution in [0.5, 0.6) is 0 Å². The summed E-state index contributed by atoms with van der Waals surface area (Å²) in [5, 5.41) is 1.65. The molecule has 0 unspecified atom stereocenters. The molecule has 0 atom stereocenters. The Hall–Kier alpha value is -1.65. The van der Waals surface area contributed by atoms with Gasteiger partial charge in [0.15, 0.2) is 0 Å². The van der Waals surface area contributed by atoms with Gasteiger partial charge >= 0.3 is 0 Å². The van der Waals surface area contributed by atoms with E-state index in [1.54, 1.807) is 17.5 Å². The number of rotatable bonds is 1. The molecule has 5 heteroatoms. The van der Waals surface area contributed by atoms with Crippen molar-refractivity contribution < 1.29 is 0 Å². The first-order valence-electron chi connectivity index (χ1n) is 5.00. The second kappa shape index (κ2) is 3.98. The van der Waals surface area contributed by atoms with Gasteiger partial charge in [-0.3, -0.25) is 0 Å². The first-order chi connectivity index (χ1) is 8.22. The number of anilines is 1. The molecule has 2 heterocycles. The number of pyridine rings is 1. The lowest BCUT2D eigenvalue weighted by atomic mass is 10.3. The minimum atomic E-state index is 0.500. The number of halogens is 1. The third-order valence-electron chi connectivity index (χ3n) is 2.38. The van der Waals surface area contributed by atoms with Crippen LogP contribution in [0.25, 0.3) is 20.8 Å². The maximum atomic E-state index is 5.95. The number of nitrogens with two attached hydrogens (primary N) is 1. The van der Waals surface area contributed by atoms with E-state index in [-0.39, 0.29) is 0 Å². The van der Waals surface area contributed by atoms with E-state index in [4.69, 9.17) is 17.3 Å². The molecule has 0 bridgehead atoms. The summed E-state index contributed by atoms with van der Waals surface area (Å²) < 4.78 is 1.07. The second-order valence-electron chi connectivity index (χ2n) is 3.60. The second-order valence-corrected chi connectivity index (χ2v) is 5.07. The van der Waals surface area contributed by atoms with Gasteiger partial charge in [0.25, 0.3) is 0 Å². The molecular formula is C12H8ClN3S. The molecule has 0 saturated heterocycles. The van der Waals surface area contributed by atoms with Gasteiger partial charge in [-0.05, 0) is 30.3 Å². The molecule has 84 valence electrons. The molecule has 3 aromatic rings. The van der Waals surface area contributed by atoms with E-state index in [0.717, 1.165) is 25.8 Å². The minimum absolute atomic E-state index is 0.500. The average molecular weight is 262 g/mol. The third-order valence-corrected chi connectivity index (χ3v) is 3.68. The Labute approximate surface area is 107 Å². The first-order valence-corrected chi connectivity index (χ1v) is 6.20. The Bertz CT molecular complexity index is 693. The van der Waals surface area contributed by atoms with Gasteiger partial charge in [-0.25, -0.2) is 9.97 Å². The Morgan fingerprint density at radius 1 is 1.18 bits per heavy atom. The van der Waals surface area contributed by atoms with Crippen LogP contribution in [-0.4, -0.2) is 9.97 Å². The lowest BCUT2D eigenvalue weighted by molar-refractivity contribution is 1.33. The molecule has 0 spiro atoms. The van der Waals surface area contributed by atoms with Gasteiger partial charge in [-0.15, -0.1) is 11.3 Å². The summed E-state index contributed by atoms with van der Waals surface area (Å²) in [5.74, 6) is 0.500. The van der Waals surface area contributed by atoms with Crippen molar-refractivity contribution in [2.45, 2.75) is 0 Å². The standard InChI is InChI=1S/C12H8ClN3S/c13-8-1-2-9-10(6-8)17-12(16-9)7-3-4-15-11(14)5-7/h1-6H,(H2,14,15). The average Bonchev–Trinajstić information content (AvgIpc) is 2.72. The monoisotopic (exact) mass is 261 g/mol. The summed E-state index contributed by atoms with van der Waals surface area (Å²) in [6, 6.07) is 9.40. The van der Waals surface area contributed by atoms with Crippen LogP contribution in [0.15, 0.2) is 36.5 Å². The van der Waals surface area contributed by atoms with E-state index in [1.807, 2.05) is 30.3 Å². The van der Waals surface area contributed by atoms with Crippen molar-refractivity contribution in [3.8, 4) is 10.6 Å². The van der Waals surface area contributed by atoms with Crippen molar-refractivity contribution in [3.05, 3.63) is 41.6 Å². The molecule has 0 amide bonds. The van der Waals surface area contributed by atoms with Gasteiger partial charge in [-0.2, -0.15) is 0 Å². The summed E-state index contributed by atoms with van der Waals surface area (Å²) in [6.07, 6.45) is 1.68. The fourth-order valence-corrected chi connectivity index (χ4v) is 2.84. The van der Waals surface area contributed by atoms with Gasteiger partial charge in [0.05, 0.1) is 10.2 Å². The number of hydrogen-bond donors (Lipinski definition) is 1. The van der Waals surface area contributed by atoms with E-state index in [2.05, 4.69) is 9.97 Å². The van der Waals surface area contributed by atoms with Gasteiger partial charge < -0.3 is 5.73 Å². The topological polar surface area (TPSA) is 51.8 Å². The zero-order chi connectivity index (χ0) is 11.8. The Morgan fingerprint density at radius 3 is 2.88 bits per heavy atom. The maximum absolute atomic E-state index is 5.95. The van der Waals surface area contributed by atoms with Gasteiger partial charge in [0.1, 0.15) is 10.8 Å². The number of fused-ring (bicyclic) bond motifs is 1. The smallest absolute Gasteiger partial charge is 0.124 e. The molecule has 0 fully saturated rings. The molecule has 0 aliphatic heterocycles. The minimum Gasteiger partial charge on any atom is -0.384 e. The molecule has 3 nitrogen and oxygen atoms in total. The number of aromatic nitrogens is 2. The lowest BCUT2D eigenvalue weighted by Gasteiger charge is -1.95. The zero-order valence-corrected chi connectivity index (χ0v) is 10.3. The van der Waals surface area contributed by atoms with Crippen LogP contribution < -0.4 is 5.73 Å². The van der Waals surface area contributed by atoms with Crippen LogP contribution in [-0.2, 0) is 0 Å². The van der Waals surface area contributed by atoms with Crippen molar-refractivity contribution >= 4 is 39.0 Å². The van der Waals surface area contributed by atoms with Crippen molar-refractivity contribution in [3.63, 3.8) is 0 Å². The molecule has 3 rings (SSSR count). The molecule has 2 aromatic heterocycles. The normalized spacial score (nSPS) is 10.9. The number of nitrogens with zero attached hydrogens (tertiary/aromatic N) is 2. The molecular weight excluding hydrogens is 254 g/mol.